The second kappa shape index (κ2) is 6.55. The normalized spacial score (nSPS) is 11.6. The Bertz CT molecular complexity index is 410. The molecule has 0 fully saturated rings. The highest BCUT2D eigenvalue weighted by Gasteiger charge is 2.18. The molecule has 0 saturated heterocycles. The molecule has 0 radical (unpaired) electrons. The van der Waals surface area contributed by atoms with Crippen molar-refractivity contribution < 1.29 is 8.78 Å². The second-order valence-corrected chi connectivity index (χ2v) is 4.72. The lowest BCUT2D eigenvalue weighted by atomic mass is 10.3. The Balaban J connectivity index is 2.89. The van der Waals surface area contributed by atoms with Crippen molar-refractivity contribution in [2.75, 3.05) is 31.3 Å². The van der Waals surface area contributed by atoms with E-state index in [0.29, 0.717) is 11.8 Å². The number of halogens is 2. The average Bonchev–Trinajstić information content (AvgIpc) is 2.26. The topological polar surface area (TPSA) is 71.2 Å². The number of hydrogen-bond donors (Lipinski definition) is 1. The van der Waals surface area contributed by atoms with Gasteiger partial charge in [0.15, 0.2) is 0 Å². The lowest BCUT2D eigenvalue weighted by molar-refractivity contribution is 0.0675. The standard InChI is InChI=1S/C11H20F2N6/c1-7(2)19(5-8(12)13)6-9-15-10(14)17-11(16-9)18(3)4/h7-8H,5-6H2,1-4H3,(H2,14,15,16,17). The molecular weight excluding hydrogens is 254 g/mol. The number of nitrogens with zero attached hydrogens (tertiary/aromatic N) is 5. The van der Waals surface area contributed by atoms with Gasteiger partial charge in [0, 0.05) is 20.1 Å². The van der Waals surface area contributed by atoms with Crippen LogP contribution in [0.3, 0.4) is 0 Å². The number of alkyl halides is 2. The molecule has 6 nitrogen and oxygen atoms in total. The van der Waals surface area contributed by atoms with E-state index in [1.165, 1.54) is 0 Å². The van der Waals surface area contributed by atoms with E-state index in [0.717, 1.165) is 0 Å². The molecule has 0 unspecified atom stereocenters. The SMILES string of the molecule is CC(C)N(Cc1nc(N)nc(N(C)C)n1)CC(F)F. The summed E-state index contributed by atoms with van der Waals surface area (Å²) in [5, 5.41) is 0. The number of nitrogen functional groups attached to an aromatic ring is 1. The van der Waals surface area contributed by atoms with Crippen LogP contribution in [0.1, 0.15) is 19.7 Å². The largest absolute Gasteiger partial charge is 0.368 e. The molecular formula is C11H20F2N6. The van der Waals surface area contributed by atoms with Crippen LogP contribution in [0.5, 0.6) is 0 Å². The van der Waals surface area contributed by atoms with Gasteiger partial charge in [0.05, 0.1) is 13.1 Å². The lowest BCUT2D eigenvalue weighted by Crippen LogP contribution is -2.35. The molecule has 0 bridgehead atoms. The van der Waals surface area contributed by atoms with Crippen LogP contribution in [0.25, 0.3) is 0 Å². The summed E-state index contributed by atoms with van der Waals surface area (Å²) in [6.07, 6.45) is -2.39. The van der Waals surface area contributed by atoms with Gasteiger partial charge in [-0.05, 0) is 13.8 Å². The van der Waals surface area contributed by atoms with E-state index < -0.39 is 6.43 Å². The van der Waals surface area contributed by atoms with Gasteiger partial charge >= 0.3 is 0 Å². The van der Waals surface area contributed by atoms with Gasteiger partial charge in [0.1, 0.15) is 5.82 Å². The summed E-state index contributed by atoms with van der Waals surface area (Å²) in [5.41, 5.74) is 5.59. The smallest absolute Gasteiger partial charge is 0.251 e. The quantitative estimate of drug-likeness (QED) is 0.834. The van der Waals surface area contributed by atoms with Crippen LogP contribution in [0.2, 0.25) is 0 Å². The third kappa shape index (κ3) is 4.90. The van der Waals surface area contributed by atoms with E-state index in [4.69, 9.17) is 5.73 Å². The molecule has 0 aliphatic rings. The summed E-state index contributed by atoms with van der Waals surface area (Å²) in [4.78, 5) is 15.4. The van der Waals surface area contributed by atoms with Crippen LogP contribution >= 0.6 is 0 Å². The van der Waals surface area contributed by atoms with Crippen LogP contribution in [-0.4, -0.2) is 53.0 Å². The Morgan fingerprint density at radius 3 is 2.26 bits per heavy atom. The highest BCUT2D eigenvalue weighted by molar-refractivity contribution is 5.32. The molecule has 0 aliphatic carbocycles. The maximum Gasteiger partial charge on any atom is 0.251 e. The van der Waals surface area contributed by atoms with Crippen molar-refractivity contribution in [3.8, 4) is 0 Å². The fourth-order valence-electron chi connectivity index (χ4n) is 1.51. The summed E-state index contributed by atoms with van der Waals surface area (Å²) < 4.78 is 25.0. The summed E-state index contributed by atoms with van der Waals surface area (Å²) in [7, 11) is 3.55. The molecule has 0 saturated carbocycles. The van der Waals surface area contributed by atoms with Gasteiger partial charge < -0.3 is 10.6 Å². The highest BCUT2D eigenvalue weighted by atomic mass is 19.3. The zero-order chi connectivity index (χ0) is 14.6. The minimum Gasteiger partial charge on any atom is -0.368 e. The fourth-order valence-corrected chi connectivity index (χ4v) is 1.51. The first-order chi connectivity index (χ1) is 8.79. The molecule has 1 aromatic rings. The molecule has 2 N–H and O–H groups in total. The van der Waals surface area contributed by atoms with Crippen LogP contribution < -0.4 is 10.6 Å². The highest BCUT2D eigenvalue weighted by Crippen LogP contribution is 2.11. The minimum absolute atomic E-state index is 0.0326. The van der Waals surface area contributed by atoms with Gasteiger partial charge in [-0.1, -0.05) is 0 Å². The number of hydrogen-bond acceptors (Lipinski definition) is 6. The van der Waals surface area contributed by atoms with E-state index in [1.54, 1.807) is 23.9 Å². The van der Waals surface area contributed by atoms with Gasteiger partial charge in [0.25, 0.3) is 6.43 Å². The van der Waals surface area contributed by atoms with Crippen LogP contribution in [0.4, 0.5) is 20.7 Å². The number of rotatable bonds is 6. The second-order valence-electron chi connectivity index (χ2n) is 4.72. The Hall–Kier alpha value is -1.57. The summed E-state index contributed by atoms with van der Waals surface area (Å²) in [5.74, 6) is 0.906. The van der Waals surface area contributed by atoms with Gasteiger partial charge in [-0.15, -0.1) is 0 Å². The molecule has 19 heavy (non-hydrogen) atoms. The molecule has 0 atom stereocenters. The molecule has 0 spiro atoms. The Kier molecular flexibility index (Phi) is 5.34. The van der Waals surface area contributed by atoms with E-state index in [-0.39, 0.29) is 25.1 Å². The van der Waals surface area contributed by atoms with Crippen LogP contribution in [0, 0.1) is 0 Å². The van der Waals surface area contributed by atoms with Crippen molar-refractivity contribution in [1.29, 1.82) is 0 Å². The molecule has 1 aromatic heterocycles. The zero-order valence-corrected chi connectivity index (χ0v) is 11.6. The van der Waals surface area contributed by atoms with Gasteiger partial charge in [-0.3, -0.25) is 4.90 Å². The first-order valence-corrected chi connectivity index (χ1v) is 5.99. The van der Waals surface area contributed by atoms with Crippen molar-refractivity contribution in [3.05, 3.63) is 5.82 Å². The van der Waals surface area contributed by atoms with Crippen molar-refractivity contribution in [2.45, 2.75) is 32.9 Å². The molecule has 0 amide bonds. The molecule has 1 heterocycles. The maximum absolute atomic E-state index is 12.5. The minimum atomic E-state index is -2.39. The van der Waals surface area contributed by atoms with Crippen LogP contribution in [-0.2, 0) is 6.54 Å². The predicted molar refractivity (Wildman–Crippen MR) is 70.1 cm³/mol. The summed E-state index contributed by atoms with van der Waals surface area (Å²) in [6, 6.07) is -0.0326. The molecule has 0 aliphatic heterocycles. The Labute approximate surface area is 111 Å². The predicted octanol–water partition coefficient (Wildman–Crippen LogP) is 0.995. The monoisotopic (exact) mass is 274 g/mol. The maximum atomic E-state index is 12.5. The third-order valence-electron chi connectivity index (χ3n) is 2.53. The average molecular weight is 274 g/mol. The van der Waals surface area contributed by atoms with Crippen molar-refractivity contribution >= 4 is 11.9 Å². The summed E-state index contributed by atoms with van der Waals surface area (Å²) >= 11 is 0. The van der Waals surface area contributed by atoms with Gasteiger partial charge in [-0.2, -0.15) is 15.0 Å². The van der Waals surface area contributed by atoms with Crippen molar-refractivity contribution in [1.82, 2.24) is 19.9 Å². The first-order valence-electron chi connectivity index (χ1n) is 5.99. The summed E-state index contributed by atoms with van der Waals surface area (Å²) in [6.45, 7) is 3.59. The fraction of sp³-hybridized carbons (Fsp3) is 0.727. The number of anilines is 2. The van der Waals surface area contributed by atoms with E-state index in [2.05, 4.69) is 15.0 Å². The number of aromatic nitrogens is 3. The van der Waals surface area contributed by atoms with Crippen molar-refractivity contribution in [2.24, 2.45) is 0 Å². The van der Waals surface area contributed by atoms with Crippen molar-refractivity contribution in [3.63, 3.8) is 0 Å². The zero-order valence-electron chi connectivity index (χ0n) is 11.6. The lowest BCUT2D eigenvalue weighted by Gasteiger charge is -2.25. The Morgan fingerprint density at radius 1 is 1.16 bits per heavy atom. The van der Waals surface area contributed by atoms with Gasteiger partial charge in [-0.25, -0.2) is 8.78 Å². The van der Waals surface area contributed by atoms with Gasteiger partial charge in [0.2, 0.25) is 11.9 Å². The van der Waals surface area contributed by atoms with E-state index in [9.17, 15) is 8.78 Å². The molecule has 1 rings (SSSR count). The first kappa shape index (κ1) is 15.5. The van der Waals surface area contributed by atoms with E-state index in [1.807, 2.05) is 13.8 Å². The van der Waals surface area contributed by atoms with E-state index >= 15 is 0 Å². The molecule has 108 valence electrons. The Morgan fingerprint density at radius 2 is 1.79 bits per heavy atom. The van der Waals surface area contributed by atoms with Crippen LogP contribution in [0.15, 0.2) is 0 Å². The molecule has 0 aromatic carbocycles. The molecule has 8 heteroatoms. The third-order valence-corrected chi connectivity index (χ3v) is 2.53. The number of nitrogens with two attached hydrogens (primary N) is 1.